The first-order chi connectivity index (χ1) is 13.2. The number of sulfonamides is 1. The number of carbonyl (C=O) groups is 1. The standard InChI is InChI=1S/C20H24BrN3O3S/c1-14-12-15(6-8-18(14)21)22-20(25)17-13-16(28(26,27)23(2)3)7-9-19(17)24-10-4-5-11-24/h6-9,12-13H,4-5,10-11H2,1-3H3,(H,22,25). The van der Waals surface area contributed by atoms with Gasteiger partial charge in [0.25, 0.3) is 5.91 Å². The first kappa shape index (κ1) is 20.8. The Morgan fingerprint density at radius 2 is 1.79 bits per heavy atom. The molecular weight excluding hydrogens is 442 g/mol. The zero-order chi connectivity index (χ0) is 20.5. The van der Waals surface area contributed by atoms with E-state index >= 15 is 0 Å². The summed E-state index contributed by atoms with van der Waals surface area (Å²) in [6.07, 6.45) is 2.12. The minimum absolute atomic E-state index is 0.109. The highest BCUT2D eigenvalue weighted by molar-refractivity contribution is 9.10. The number of anilines is 2. The molecule has 1 fully saturated rings. The predicted molar refractivity (Wildman–Crippen MR) is 116 cm³/mol. The smallest absolute Gasteiger partial charge is 0.257 e. The van der Waals surface area contributed by atoms with Crippen molar-refractivity contribution < 1.29 is 13.2 Å². The quantitative estimate of drug-likeness (QED) is 0.727. The van der Waals surface area contributed by atoms with Crippen molar-refractivity contribution in [1.82, 2.24) is 4.31 Å². The van der Waals surface area contributed by atoms with Gasteiger partial charge in [0.05, 0.1) is 10.5 Å². The lowest BCUT2D eigenvalue weighted by Crippen LogP contribution is -2.25. The summed E-state index contributed by atoms with van der Waals surface area (Å²) < 4.78 is 27.2. The van der Waals surface area contributed by atoms with Gasteiger partial charge in [-0.2, -0.15) is 0 Å². The topological polar surface area (TPSA) is 69.7 Å². The Kier molecular flexibility index (Phi) is 6.12. The predicted octanol–water partition coefficient (Wildman–Crippen LogP) is 3.86. The van der Waals surface area contributed by atoms with Crippen molar-refractivity contribution in [3.05, 3.63) is 52.0 Å². The van der Waals surface area contributed by atoms with Crippen molar-refractivity contribution in [3.8, 4) is 0 Å². The Morgan fingerprint density at radius 1 is 1.11 bits per heavy atom. The van der Waals surface area contributed by atoms with Crippen LogP contribution in [0.25, 0.3) is 0 Å². The average Bonchev–Trinajstić information content (AvgIpc) is 3.18. The summed E-state index contributed by atoms with van der Waals surface area (Å²) in [4.78, 5) is 15.3. The van der Waals surface area contributed by atoms with Crippen LogP contribution in [0.1, 0.15) is 28.8 Å². The van der Waals surface area contributed by atoms with Gasteiger partial charge < -0.3 is 10.2 Å². The van der Waals surface area contributed by atoms with E-state index in [0.29, 0.717) is 11.3 Å². The van der Waals surface area contributed by atoms with Crippen molar-refractivity contribution in [2.45, 2.75) is 24.7 Å². The van der Waals surface area contributed by atoms with Gasteiger partial charge in [-0.1, -0.05) is 15.9 Å². The van der Waals surface area contributed by atoms with Crippen LogP contribution in [0.5, 0.6) is 0 Å². The largest absolute Gasteiger partial charge is 0.371 e. The van der Waals surface area contributed by atoms with Gasteiger partial charge in [0.1, 0.15) is 0 Å². The Balaban J connectivity index is 2.01. The van der Waals surface area contributed by atoms with E-state index in [1.165, 1.54) is 20.2 Å². The second-order valence-electron chi connectivity index (χ2n) is 7.08. The minimum Gasteiger partial charge on any atom is -0.371 e. The minimum atomic E-state index is -3.63. The van der Waals surface area contributed by atoms with Crippen LogP contribution in [0.2, 0.25) is 0 Å². The summed E-state index contributed by atoms with van der Waals surface area (Å²) in [5.41, 5.74) is 2.80. The molecule has 28 heavy (non-hydrogen) atoms. The molecule has 1 amide bonds. The maximum absolute atomic E-state index is 13.1. The van der Waals surface area contributed by atoms with E-state index in [2.05, 4.69) is 26.1 Å². The molecule has 1 saturated heterocycles. The van der Waals surface area contributed by atoms with Crippen LogP contribution in [0.3, 0.4) is 0 Å². The van der Waals surface area contributed by atoms with Crippen LogP contribution in [0.15, 0.2) is 45.8 Å². The fraction of sp³-hybridized carbons (Fsp3) is 0.350. The first-order valence-corrected chi connectivity index (χ1v) is 11.3. The van der Waals surface area contributed by atoms with Gasteiger partial charge >= 0.3 is 0 Å². The molecule has 1 aliphatic heterocycles. The van der Waals surface area contributed by atoms with E-state index in [1.54, 1.807) is 12.1 Å². The SMILES string of the molecule is Cc1cc(NC(=O)c2cc(S(=O)(=O)N(C)C)ccc2N2CCCC2)ccc1Br. The van der Waals surface area contributed by atoms with Crippen LogP contribution in [-0.2, 0) is 10.0 Å². The highest BCUT2D eigenvalue weighted by Crippen LogP contribution is 2.29. The van der Waals surface area contributed by atoms with Crippen LogP contribution < -0.4 is 10.2 Å². The number of nitrogens with zero attached hydrogens (tertiary/aromatic N) is 2. The van der Waals surface area contributed by atoms with E-state index in [1.807, 2.05) is 25.1 Å². The van der Waals surface area contributed by atoms with Crippen LogP contribution in [0.4, 0.5) is 11.4 Å². The molecule has 150 valence electrons. The molecule has 0 saturated carbocycles. The number of aryl methyl sites for hydroxylation is 1. The van der Waals surface area contributed by atoms with E-state index in [-0.39, 0.29) is 10.8 Å². The number of rotatable bonds is 5. The van der Waals surface area contributed by atoms with Gasteiger partial charge in [-0.05, 0) is 61.7 Å². The van der Waals surface area contributed by atoms with E-state index in [4.69, 9.17) is 0 Å². The monoisotopic (exact) mass is 465 g/mol. The van der Waals surface area contributed by atoms with E-state index in [0.717, 1.165) is 46.0 Å². The van der Waals surface area contributed by atoms with Gasteiger partial charge in [-0.15, -0.1) is 0 Å². The number of hydrogen-bond acceptors (Lipinski definition) is 4. The molecule has 2 aromatic carbocycles. The van der Waals surface area contributed by atoms with Crippen LogP contribution >= 0.6 is 15.9 Å². The maximum atomic E-state index is 13.1. The molecule has 0 radical (unpaired) electrons. The third-order valence-electron chi connectivity index (χ3n) is 4.85. The van der Waals surface area contributed by atoms with Gasteiger partial charge in [0, 0.05) is 43.0 Å². The third-order valence-corrected chi connectivity index (χ3v) is 7.55. The normalized spacial score (nSPS) is 14.5. The Morgan fingerprint density at radius 3 is 2.39 bits per heavy atom. The summed E-state index contributed by atoms with van der Waals surface area (Å²) in [6, 6.07) is 10.3. The summed E-state index contributed by atoms with van der Waals surface area (Å²) in [7, 11) is -0.669. The molecule has 0 spiro atoms. The molecule has 0 atom stereocenters. The highest BCUT2D eigenvalue weighted by atomic mass is 79.9. The van der Waals surface area contributed by atoms with Gasteiger partial charge in [-0.3, -0.25) is 4.79 Å². The summed E-state index contributed by atoms with van der Waals surface area (Å²) in [5.74, 6) is -0.320. The molecule has 1 aliphatic rings. The lowest BCUT2D eigenvalue weighted by molar-refractivity contribution is 0.102. The van der Waals surface area contributed by atoms with Crippen molar-refractivity contribution in [1.29, 1.82) is 0 Å². The summed E-state index contributed by atoms with van der Waals surface area (Å²) >= 11 is 3.45. The maximum Gasteiger partial charge on any atom is 0.257 e. The number of hydrogen-bond donors (Lipinski definition) is 1. The van der Waals surface area contributed by atoms with Gasteiger partial charge in [0.2, 0.25) is 10.0 Å². The van der Waals surface area contributed by atoms with Crippen molar-refractivity contribution in [3.63, 3.8) is 0 Å². The van der Waals surface area contributed by atoms with Crippen molar-refractivity contribution in [2.75, 3.05) is 37.4 Å². The van der Waals surface area contributed by atoms with Crippen LogP contribution in [-0.4, -0.2) is 45.8 Å². The number of amides is 1. The summed E-state index contributed by atoms with van der Waals surface area (Å²) in [5, 5.41) is 2.90. The van der Waals surface area contributed by atoms with Crippen molar-refractivity contribution >= 4 is 43.2 Å². The number of halogens is 1. The number of carbonyl (C=O) groups excluding carboxylic acids is 1. The van der Waals surface area contributed by atoms with Gasteiger partial charge in [0.15, 0.2) is 0 Å². The lowest BCUT2D eigenvalue weighted by Gasteiger charge is -2.22. The Hall–Kier alpha value is -1.90. The zero-order valence-corrected chi connectivity index (χ0v) is 18.6. The molecule has 3 rings (SSSR count). The first-order valence-electron chi connectivity index (χ1n) is 9.09. The molecule has 0 aromatic heterocycles. The summed E-state index contributed by atoms with van der Waals surface area (Å²) in [6.45, 7) is 3.66. The molecule has 2 aromatic rings. The zero-order valence-electron chi connectivity index (χ0n) is 16.2. The molecule has 1 N–H and O–H groups in total. The molecule has 6 nitrogen and oxygen atoms in total. The average molecular weight is 466 g/mol. The number of nitrogens with one attached hydrogen (secondary N) is 1. The molecule has 0 aliphatic carbocycles. The third kappa shape index (κ3) is 4.24. The van der Waals surface area contributed by atoms with E-state index < -0.39 is 10.0 Å². The molecular formula is C20H24BrN3O3S. The van der Waals surface area contributed by atoms with Crippen LogP contribution in [0, 0.1) is 6.92 Å². The second-order valence-corrected chi connectivity index (χ2v) is 10.1. The Labute approximate surface area is 174 Å². The second kappa shape index (κ2) is 8.23. The molecule has 8 heteroatoms. The van der Waals surface area contributed by atoms with Crippen molar-refractivity contribution in [2.24, 2.45) is 0 Å². The molecule has 1 heterocycles. The fourth-order valence-electron chi connectivity index (χ4n) is 3.22. The number of benzene rings is 2. The van der Waals surface area contributed by atoms with E-state index in [9.17, 15) is 13.2 Å². The molecule has 0 bridgehead atoms. The lowest BCUT2D eigenvalue weighted by atomic mass is 10.1. The van der Waals surface area contributed by atoms with Gasteiger partial charge in [-0.25, -0.2) is 12.7 Å². The fourth-order valence-corrected chi connectivity index (χ4v) is 4.40. The highest BCUT2D eigenvalue weighted by Gasteiger charge is 2.24. The molecule has 0 unspecified atom stereocenters. The Bertz CT molecular complexity index is 1000.